The van der Waals surface area contributed by atoms with E-state index in [9.17, 15) is 15.0 Å². The zero-order chi connectivity index (χ0) is 52.5. The fourth-order valence-corrected chi connectivity index (χ4v) is 16.9. The Morgan fingerprint density at radius 3 is 1.78 bits per heavy atom. The summed E-state index contributed by atoms with van der Waals surface area (Å²) in [6.45, 7) is 19.6. The Bertz CT molecular complexity index is 2820. The highest BCUT2D eigenvalue weighted by Crippen LogP contribution is 2.59. The maximum Gasteiger partial charge on any atom is 0.338 e. The third-order valence-electron chi connectivity index (χ3n) is 19.9. The standard InChI is InChI=1S/C26H35NO5.C18H20ClNO2.C18H21NO3/c1-5-25(29,14-16(2)3)24(28)32-23-17(4)11-20-19-13-22-21(30-15-31-22)12-18(19)7-10-27-9-6-8-26(20,23)27;1-11-9-18-4-2-5-20(18)6-3-12-7-14-15(22-10-21-14)8-13(12)16(18)17(11)19;1-11-9-18-4-2-5-19(18)6-3-12-7-14-15(22-10-21-14)8-13(12)16(18)17(11)20/h11-13,16-17,23,29H,5-10,14-15H2,1-4H3;7-9,16-17H,2-6,10H2,1H3;7-9,16-17,20H,2-6,10H2,1H3. The van der Waals surface area contributed by atoms with Crippen LogP contribution in [-0.4, -0.2) is 130 Å². The van der Waals surface area contributed by atoms with Gasteiger partial charge in [0.15, 0.2) is 40.1 Å². The minimum Gasteiger partial charge on any atom is -0.457 e. The van der Waals surface area contributed by atoms with Crippen molar-refractivity contribution >= 4 is 23.1 Å². The van der Waals surface area contributed by atoms with E-state index in [1.54, 1.807) is 0 Å². The average Bonchev–Trinajstić information content (AvgIpc) is 4.31. The van der Waals surface area contributed by atoms with Gasteiger partial charge in [0.2, 0.25) is 20.4 Å². The number of aliphatic hydroxyl groups excluding tert-OH is 1. The molecule has 0 aromatic heterocycles. The molecule has 14 heteroatoms. The minimum atomic E-state index is -1.44. The van der Waals surface area contributed by atoms with Crippen molar-refractivity contribution in [1.82, 2.24) is 14.7 Å². The van der Waals surface area contributed by atoms with Gasteiger partial charge in [-0.1, -0.05) is 51.5 Å². The van der Waals surface area contributed by atoms with E-state index in [1.165, 1.54) is 70.3 Å². The van der Waals surface area contributed by atoms with Crippen molar-refractivity contribution < 1.29 is 48.2 Å². The second-order valence-electron chi connectivity index (χ2n) is 24.4. The van der Waals surface area contributed by atoms with Crippen LogP contribution in [0.25, 0.3) is 5.57 Å². The summed E-state index contributed by atoms with van der Waals surface area (Å²) in [5.74, 6) is 5.32. The maximum atomic E-state index is 13.3. The smallest absolute Gasteiger partial charge is 0.338 e. The van der Waals surface area contributed by atoms with Crippen LogP contribution in [0.4, 0.5) is 0 Å². The van der Waals surface area contributed by atoms with Gasteiger partial charge in [0.1, 0.15) is 6.10 Å². The van der Waals surface area contributed by atoms with Gasteiger partial charge in [-0.15, -0.1) is 11.6 Å². The molecule has 3 spiro atoms. The SMILES string of the molecule is CC1=CC23CCCN2CCc2cc4c(cc2C3C1Cl)OCO4.CC1=CC23CCCN2CCc2cc4c(cc2C3C1O)OCO4.CCC(O)(CC(C)C)C(=O)OC1C(C)C=C2c3cc4c(cc3CCN3CCCC213)OCO4. The van der Waals surface area contributed by atoms with Crippen molar-refractivity contribution in [2.75, 3.05) is 59.6 Å². The quantitative estimate of drug-likeness (QED) is 0.143. The molecule has 3 saturated heterocycles. The lowest BCUT2D eigenvalue weighted by Gasteiger charge is -2.43. The van der Waals surface area contributed by atoms with E-state index in [0.29, 0.717) is 32.3 Å². The van der Waals surface area contributed by atoms with Crippen LogP contribution in [0.15, 0.2) is 65.8 Å². The molecule has 10 unspecified atom stereocenters. The average molecular weight is 1060 g/mol. The number of hydrogen-bond acceptors (Lipinski definition) is 13. The fourth-order valence-electron chi connectivity index (χ4n) is 16.5. The molecule has 0 amide bonds. The van der Waals surface area contributed by atoms with Gasteiger partial charge in [-0.05, 0) is 191 Å². The van der Waals surface area contributed by atoms with Crippen molar-refractivity contribution in [2.24, 2.45) is 11.8 Å². The maximum absolute atomic E-state index is 13.3. The predicted octanol–water partition coefficient (Wildman–Crippen LogP) is 9.61. The normalized spacial score (nSPS) is 33.4. The van der Waals surface area contributed by atoms with Crippen molar-refractivity contribution in [3.63, 3.8) is 0 Å². The predicted molar refractivity (Wildman–Crippen MR) is 290 cm³/mol. The molecule has 0 saturated carbocycles. The van der Waals surface area contributed by atoms with Gasteiger partial charge in [0, 0.05) is 48.5 Å². The number of nitrogens with zero attached hydrogens (tertiary/aromatic N) is 3. The van der Waals surface area contributed by atoms with Gasteiger partial charge in [-0.25, -0.2) is 4.79 Å². The Morgan fingerprint density at radius 2 is 1.18 bits per heavy atom. The number of halogens is 1. The number of aliphatic hydroxyl groups is 2. The van der Waals surface area contributed by atoms with E-state index >= 15 is 0 Å². The van der Waals surface area contributed by atoms with Crippen LogP contribution in [0.1, 0.15) is 138 Å². The van der Waals surface area contributed by atoms with Crippen LogP contribution in [0, 0.1) is 11.8 Å². The first kappa shape index (κ1) is 50.7. The van der Waals surface area contributed by atoms with E-state index in [1.807, 2.05) is 20.8 Å². The molecule has 2 N–H and O–H groups in total. The van der Waals surface area contributed by atoms with E-state index in [-0.39, 0.29) is 52.6 Å². The number of alkyl halides is 1. The number of benzene rings is 3. The van der Waals surface area contributed by atoms with E-state index < -0.39 is 17.7 Å². The highest BCUT2D eigenvalue weighted by molar-refractivity contribution is 6.23. The second kappa shape index (κ2) is 19.0. The molecule has 3 fully saturated rings. The van der Waals surface area contributed by atoms with Gasteiger partial charge < -0.3 is 43.4 Å². The van der Waals surface area contributed by atoms with Crippen LogP contribution in [-0.2, 0) is 28.8 Å². The Morgan fingerprint density at radius 1 is 0.697 bits per heavy atom. The molecule has 15 rings (SSSR count). The molecule has 13 nitrogen and oxygen atoms in total. The van der Waals surface area contributed by atoms with Gasteiger partial charge >= 0.3 is 5.97 Å². The van der Waals surface area contributed by atoms with Crippen LogP contribution in [0.3, 0.4) is 0 Å². The lowest BCUT2D eigenvalue weighted by molar-refractivity contribution is -0.180. The molecule has 3 aliphatic carbocycles. The van der Waals surface area contributed by atoms with Gasteiger partial charge in [0.25, 0.3) is 0 Å². The van der Waals surface area contributed by atoms with Crippen molar-refractivity contribution in [2.45, 2.75) is 164 Å². The Hall–Kier alpha value is -4.76. The summed E-state index contributed by atoms with van der Waals surface area (Å²) in [6.07, 6.45) is 17.0. The molecule has 3 aromatic rings. The molecule has 9 heterocycles. The molecule has 10 atom stereocenters. The summed E-state index contributed by atoms with van der Waals surface area (Å²) < 4.78 is 39.9. The monoisotopic (exact) mass is 1060 g/mol. The van der Waals surface area contributed by atoms with Crippen LogP contribution in [0.5, 0.6) is 34.5 Å². The summed E-state index contributed by atoms with van der Waals surface area (Å²) in [5.41, 5.74) is 9.80. The number of allylic oxidation sites excluding steroid dienone is 1. The van der Waals surface area contributed by atoms with Crippen LogP contribution >= 0.6 is 11.6 Å². The first-order valence-electron chi connectivity index (χ1n) is 28.6. The van der Waals surface area contributed by atoms with Crippen LogP contribution < -0.4 is 28.4 Å². The fraction of sp³-hybridized carbons (Fsp3) is 0.597. The Kier molecular flexibility index (Phi) is 12.7. The molecular weight excluding hydrogens is 982 g/mol. The Labute approximate surface area is 453 Å². The highest BCUT2D eigenvalue weighted by atomic mass is 35.5. The third kappa shape index (κ3) is 7.81. The second-order valence-corrected chi connectivity index (χ2v) is 24.9. The van der Waals surface area contributed by atoms with Gasteiger partial charge in [-0.2, -0.15) is 0 Å². The van der Waals surface area contributed by atoms with E-state index in [2.05, 4.69) is 90.1 Å². The highest BCUT2D eigenvalue weighted by Gasteiger charge is 2.60. The lowest BCUT2D eigenvalue weighted by atomic mass is 9.77. The first-order valence-corrected chi connectivity index (χ1v) is 29.0. The summed E-state index contributed by atoms with van der Waals surface area (Å²) in [5, 5.41) is 22.1. The number of carbonyl (C=O) groups excluding carboxylic acids is 1. The minimum absolute atomic E-state index is 0.00243. The summed E-state index contributed by atoms with van der Waals surface area (Å²) in [4.78, 5) is 21.1. The van der Waals surface area contributed by atoms with Crippen LogP contribution in [0.2, 0.25) is 0 Å². The number of rotatable bonds is 5. The number of fused-ring (bicyclic) bond motifs is 9. The van der Waals surface area contributed by atoms with Gasteiger partial charge in [-0.3, -0.25) is 14.7 Å². The molecule has 406 valence electrons. The Balaban J connectivity index is 0.000000112. The zero-order valence-corrected chi connectivity index (χ0v) is 46.0. The molecule has 12 aliphatic rings. The molecular formula is C62H76ClN3O10. The van der Waals surface area contributed by atoms with Gasteiger partial charge in [0.05, 0.1) is 17.0 Å². The molecule has 76 heavy (non-hydrogen) atoms. The molecule has 9 aliphatic heterocycles. The third-order valence-corrected chi connectivity index (χ3v) is 20.4. The van der Waals surface area contributed by atoms with Crippen molar-refractivity contribution in [3.05, 3.63) is 99.2 Å². The summed E-state index contributed by atoms with van der Waals surface area (Å²) >= 11 is 6.88. The molecule has 0 radical (unpaired) electrons. The first-order chi connectivity index (χ1) is 36.7. The molecule has 3 aromatic carbocycles. The topological polar surface area (TPSA) is 132 Å². The number of esters is 1. The lowest BCUT2D eigenvalue weighted by Crippen LogP contribution is -2.56. The zero-order valence-electron chi connectivity index (χ0n) is 45.3. The van der Waals surface area contributed by atoms with E-state index in [4.69, 9.17) is 44.8 Å². The van der Waals surface area contributed by atoms with Crippen molar-refractivity contribution in [1.29, 1.82) is 0 Å². The number of hydrogen-bond donors (Lipinski definition) is 2. The largest absolute Gasteiger partial charge is 0.457 e. The summed E-state index contributed by atoms with van der Waals surface area (Å²) in [6, 6.07) is 12.9. The number of carbonyl (C=O) groups is 1. The van der Waals surface area contributed by atoms with E-state index in [0.717, 1.165) is 111 Å². The summed E-state index contributed by atoms with van der Waals surface area (Å²) in [7, 11) is 0. The molecule has 0 bridgehead atoms. The number of ether oxygens (including phenoxy) is 7. The van der Waals surface area contributed by atoms with Crippen molar-refractivity contribution in [3.8, 4) is 34.5 Å².